The van der Waals surface area contributed by atoms with Crippen molar-refractivity contribution in [3.05, 3.63) is 424 Å². The number of benzene rings is 20. The summed E-state index contributed by atoms with van der Waals surface area (Å²) in [5.41, 5.74) is 22.9. The smallest absolute Gasteiger partial charge is 0.180 e. The number of rotatable bonds is 9. The number of hydrogen-bond acceptors (Lipinski definition) is 12. The fraction of sp³-hybridized carbons (Fsp3) is 0.0248. The highest BCUT2D eigenvalue weighted by molar-refractivity contribution is 6.32. The van der Waals surface area contributed by atoms with E-state index >= 15 is 0 Å². The van der Waals surface area contributed by atoms with Gasteiger partial charge in [0.2, 0.25) is 0 Å². The average Bonchev–Trinajstić information content (AvgIpc) is 1.64. The van der Waals surface area contributed by atoms with Gasteiger partial charge in [-0.25, -0.2) is 39.9 Å². The lowest BCUT2D eigenvalue weighted by Gasteiger charge is -2.21. The van der Waals surface area contributed by atoms with E-state index in [-0.39, 0.29) is 5.41 Å². The standard InChI is InChI=1S/C44H29N3O.C41H25N3O.C36H20N2O2/c1-44(2)35-18-10-8-16-30(35)31-22-21-28(24-36(31)44)42-45-41(27-13-4-3-5-14-27)46-43(47-42)34-25-38-40(33-17-9-11-19-37(33)48-38)39-29-15-7-6-12-26(29)20-23-32(34)39;1-3-14-27(15-4-1)39-42-40(28-16-5-2-6-17-28)44-41(43-39)32-20-10-9-19-30(32)34-25-36-38(33-21-11-12-22-35(33)45-36)37-29-18-8-7-13-26(29)23-24-31(34)37;1-2-11-22(12-3-1)33-35-34(26-15-7-9-17-29(26)40-35)38-36(37-33)27-20-30-32(25-14-6-8-16-28(25)39-30)31-23-13-5-4-10-21(23)18-19-24(27)31/h3-25H,1-2H3;1-25H;1-20H. The van der Waals surface area contributed by atoms with Gasteiger partial charge in [-0.2, -0.15) is 0 Å². The first kappa shape index (κ1) is 76.5. The molecule has 20 aromatic carbocycles. The van der Waals surface area contributed by atoms with Gasteiger partial charge < -0.3 is 17.7 Å². The Bertz CT molecular complexity index is 9400. The molecule has 28 rings (SSSR count). The molecule has 0 spiro atoms. The molecule has 0 atom stereocenters. The summed E-state index contributed by atoms with van der Waals surface area (Å²) in [7, 11) is 0. The molecular weight excluding hydrogens is 1630 g/mol. The van der Waals surface area contributed by atoms with E-state index in [1.807, 2.05) is 158 Å². The van der Waals surface area contributed by atoms with Crippen molar-refractivity contribution in [2.24, 2.45) is 0 Å². The molecule has 0 amide bonds. The van der Waals surface area contributed by atoms with Crippen LogP contribution >= 0.6 is 0 Å². The summed E-state index contributed by atoms with van der Waals surface area (Å²) >= 11 is 0. The molecule has 7 heterocycles. The van der Waals surface area contributed by atoms with Gasteiger partial charge in [0.15, 0.2) is 46.4 Å². The van der Waals surface area contributed by atoms with Crippen molar-refractivity contribution >= 4 is 153 Å². The van der Waals surface area contributed by atoms with E-state index in [1.54, 1.807) is 0 Å². The Morgan fingerprint density at radius 1 is 0.180 bits per heavy atom. The monoisotopic (exact) mass is 1700 g/mol. The van der Waals surface area contributed by atoms with Gasteiger partial charge in [-0.3, -0.25) is 0 Å². The quantitative estimate of drug-likeness (QED) is 0.126. The van der Waals surface area contributed by atoms with Crippen LogP contribution in [-0.4, -0.2) is 39.9 Å². The minimum absolute atomic E-state index is 0.135. The maximum atomic E-state index is 6.53. The second-order valence-corrected chi connectivity index (χ2v) is 34.5. The molecule has 0 saturated heterocycles. The van der Waals surface area contributed by atoms with E-state index < -0.39 is 0 Å². The molecule has 1 aliphatic rings. The maximum absolute atomic E-state index is 6.53. The number of furan rings is 4. The van der Waals surface area contributed by atoms with E-state index in [1.165, 1.54) is 60.0 Å². The normalized spacial score (nSPS) is 12.3. The molecule has 133 heavy (non-hydrogen) atoms. The summed E-state index contributed by atoms with van der Waals surface area (Å²) < 4.78 is 25.9. The number of hydrogen-bond donors (Lipinski definition) is 0. The van der Waals surface area contributed by atoms with Gasteiger partial charge in [0.1, 0.15) is 50.3 Å². The van der Waals surface area contributed by atoms with Gasteiger partial charge in [-0.05, 0) is 136 Å². The van der Waals surface area contributed by atoms with Crippen LogP contribution in [0.5, 0.6) is 0 Å². The first-order valence-corrected chi connectivity index (χ1v) is 44.8. The third-order valence-corrected chi connectivity index (χ3v) is 26.5. The van der Waals surface area contributed by atoms with Crippen LogP contribution in [0.3, 0.4) is 0 Å². The van der Waals surface area contributed by atoms with Crippen LogP contribution in [0.15, 0.2) is 430 Å². The molecule has 0 radical (unpaired) electrons. The van der Waals surface area contributed by atoms with E-state index in [2.05, 4.69) is 269 Å². The Morgan fingerprint density at radius 2 is 0.511 bits per heavy atom. The highest BCUT2D eigenvalue weighted by Gasteiger charge is 2.36. The van der Waals surface area contributed by atoms with Gasteiger partial charge in [-0.1, -0.05) is 372 Å². The Labute approximate surface area is 761 Å². The van der Waals surface area contributed by atoms with Crippen molar-refractivity contribution in [2.45, 2.75) is 19.3 Å². The summed E-state index contributed by atoms with van der Waals surface area (Å²) in [4.78, 5) is 40.9. The Morgan fingerprint density at radius 3 is 0.977 bits per heavy atom. The molecule has 7 aromatic heterocycles. The molecule has 0 N–H and O–H groups in total. The molecule has 0 bridgehead atoms. The van der Waals surface area contributed by atoms with Crippen molar-refractivity contribution in [3.63, 3.8) is 0 Å². The van der Waals surface area contributed by atoms with Crippen molar-refractivity contribution in [2.75, 3.05) is 0 Å². The first-order valence-electron chi connectivity index (χ1n) is 44.8. The predicted molar refractivity (Wildman–Crippen MR) is 542 cm³/mol. The second kappa shape index (κ2) is 30.8. The van der Waals surface area contributed by atoms with E-state index in [0.29, 0.717) is 46.4 Å². The van der Waals surface area contributed by atoms with Crippen molar-refractivity contribution < 1.29 is 17.7 Å². The van der Waals surface area contributed by atoms with Crippen molar-refractivity contribution in [1.29, 1.82) is 0 Å². The Balaban J connectivity index is 0.000000105. The average molecular weight is 1700 g/mol. The summed E-state index contributed by atoms with van der Waals surface area (Å²) in [6.07, 6.45) is 0. The molecule has 622 valence electrons. The molecule has 0 saturated carbocycles. The first-order chi connectivity index (χ1) is 65.7. The van der Waals surface area contributed by atoms with Crippen LogP contribution in [0.2, 0.25) is 0 Å². The molecule has 1 aliphatic carbocycles. The van der Waals surface area contributed by atoms with Crippen LogP contribution in [-0.2, 0) is 5.41 Å². The van der Waals surface area contributed by atoms with Gasteiger partial charge in [-0.15, -0.1) is 0 Å². The lowest BCUT2D eigenvalue weighted by atomic mass is 9.82. The minimum atomic E-state index is -0.135. The minimum Gasteiger partial charge on any atom is -0.456 e. The summed E-state index contributed by atoms with van der Waals surface area (Å²) in [6.45, 7) is 4.60. The van der Waals surface area contributed by atoms with Crippen molar-refractivity contribution in [1.82, 2.24) is 39.9 Å². The molecule has 27 aromatic rings. The third-order valence-electron chi connectivity index (χ3n) is 26.5. The SMILES string of the molecule is CC1(C)c2ccccc2-c2ccc(-c3nc(-c4ccccc4)nc(-c4cc5oc6ccccc6c5c5c4ccc4ccccc45)n3)cc21.c1ccc(-c2nc(-c3cc4oc5ccccc5c4c4c3ccc3ccccc34)nc3c2oc2ccccc23)cc1.c1ccc(-c2nc(-c3ccccc3)nc(-c3ccccc3-c3cc4oc5ccccc5c4c4c3ccc3ccccc34)n2)cc1. The number of aromatic nitrogens is 8. The topological polar surface area (TPSA) is 156 Å². The highest BCUT2D eigenvalue weighted by atomic mass is 16.3. The van der Waals surface area contributed by atoms with Gasteiger partial charge in [0.25, 0.3) is 0 Å². The summed E-state index contributed by atoms with van der Waals surface area (Å²) in [5, 5.41) is 21.6. The van der Waals surface area contributed by atoms with Gasteiger partial charge in [0, 0.05) is 104 Å². The summed E-state index contributed by atoms with van der Waals surface area (Å²) in [6, 6.07) is 142. The van der Waals surface area contributed by atoms with Crippen LogP contribution in [0.4, 0.5) is 0 Å². The molecule has 0 unspecified atom stereocenters. The number of nitrogens with zero attached hydrogens (tertiary/aromatic N) is 8. The van der Waals surface area contributed by atoms with E-state index in [9.17, 15) is 0 Å². The molecule has 0 fully saturated rings. The zero-order chi connectivity index (χ0) is 87.9. The zero-order valence-corrected chi connectivity index (χ0v) is 72.0. The largest absolute Gasteiger partial charge is 0.456 e. The maximum Gasteiger partial charge on any atom is 0.180 e. The number of para-hydroxylation sites is 4. The van der Waals surface area contributed by atoms with Gasteiger partial charge in [0.05, 0.1) is 0 Å². The van der Waals surface area contributed by atoms with Crippen LogP contribution < -0.4 is 0 Å². The lowest BCUT2D eigenvalue weighted by molar-refractivity contribution is 0.660. The fourth-order valence-electron chi connectivity index (χ4n) is 20.3. The highest BCUT2D eigenvalue weighted by Crippen LogP contribution is 2.52. The van der Waals surface area contributed by atoms with Crippen LogP contribution in [0, 0.1) is 0 Å². The van der Waals surface area contributed by atoms with Crippen LogP contribution in [0.1, 0.15) is 25.0 Å². The Kier molecular flexibility index (Phi) is 17.7. The Hall–Kier alpha value is -17.7. The fourth-order valence-corrected chi connectivity index (χ4v) is 20.3. The summed E-state index contributed by atoms with van der Waals surface area (Å²) in [5.74, 6) is 4.43. The van der Waals surface area contributed by atoms with Crippen LogP contribution in [0.25, 0.3) is 266 Å². The molecule has 12 nitrogen and oxygen atoms in total. The van der Waals surface area contributed by atoms with Crippen molar-refractivity contribution in [3.8, 4) is 113 Å². The van der Waals surface area contributed by atoms with E-state index in [4.69, 9.17) is 57.5 Å². The predicted octanol–water partition coefficient (Wildman–Crippen LogP) is 32.0. The molecule has 0 aliphatic heterocycles. The molecular formula is C121H74N8O4. The van der Waals surface area contributed by atoms with E-state index in [0.717, 1.165) is 171 Å². The molecule has 12 heteroatoms. The van der Waals surface area contributed by atoms with Gasteiger partial charge >= 0.3 is 0 Å². The zero-order valence-electron chi connectivity index (χ0n) is 72.0. The number of fused-ring (bicyclic) bond motifs is 27. The third kappa shape index (κ3) is 12.7. The lowest BCUT2D eigenvalue weighted by Crippen LogP contribution is -2.15. The second-order valence-electron chi connectivity index (χ2n) is 34.5.